The molecule has 0 aliphatic carbocycles. The maximum Gasteiger partial charge on any atom is 0.534 e. The molecule has 2 rings (SSSR count). The zero-order chi connectivity index (χ0) is 25.9. The topological polar surface area (TPSA) is 98.8 Å². The Kier molecular flexibility index (Phi) is 8.49. The standard InChI is InChI=1S/C21H20Cl2F3NO6S/c1-20(2,3)32-19(29)16(27-18(28)17-14(22)5-4-6-15(17)23)11-12-7-9-13(10-8-12)33-34(30,31)21(24,25)26/h4-10,16H,11H2,1-3H3,(H,27,28)/t16-/m0/s1. The van der Waals surface area contributed by atoms with Gasteiger partial charge in [0.15, 0.2) is 0 Å². The van der Waals surface area contributed by atoms with Gasteiger partial charge in [0, 0.05) is 6.42 Å². The number of hydrogen-bond acceptors (Lipinski definition) is 6. The van der Waals surface area contributed by atoms with Gasteiger partial charge in [0.05, 0.1) is 15.6 Å². The van der Waals surface area contributed by atoms with Gasteiger partial charge in [-0.05, 0) is 50.6 Å². The van der Waals surface area contributed by atoms with Gasteiger partial charge in [-0.25, -0.2) is 4.79 Å². The van der Waals surface area contributed by atoms with Gasteiger partial charge in [0.25, 0.3) is 5.91 Å². The Morgan fingerprint density at radius 3 is 2.00 bits per heavy atom. The fraction of sp³-hybridized carbons (Fsp3) is 0.333. The van der Waals surface area contributed by atoms with Gasteiger partial charge in [0.1, 0.15) is 17.4 Å². The van der Waals surface area contributed by atoms with Crippen LogP contribution in [0.25, 0.3) is 0 Å². The highest BCUT2D eigenvalue weighted by Crippen LogP contribution is 2.28. The molecule has 0 unspecified atom stereocenters. The quantitative estimate of drug-likeness (QED) is 0.304. The molecular weight excluding hydrogens is 522 g/mol. The van der Waals surface area contributed by atoms with Crippen molar-refractivity contribution in [1.29, 1.82) is 0 Å². The largest absolute Gasteiger partial charge is 0.534 e. The Balaban J connectivity index is 2.27. The summed E-state index contributed by atoms with van der Waals surface area (Å²) in [6, 6.07) is 7.65. The van der Waals surface area contributed by atoms with Crippen LogP contribution in [0.1, 0.15) is 36.7 Å². The summed E-state index contributed by atoms with van der Waals surface area (Å²) in [6.07, 6.45) is -0.144. The van der Waals surface area contributed by atoms with Crippen molar-refractivity contribution >= 4 is 45.2 Å². The summed E-state index contributed by atoms with van der Waals surface area (Å²) in [5, 5.41) is 2.61. The van der Waals surface area contributed by atoms with Crippen LogP contribution in [0.2, 0.25) is 10.0 Å². The molecule has 7 nitrogen and oxygen atoms in total. The van der Waals surface area contributed by atoms with Crippen LogP contribution < -0.4 is 9.50 Å². The van der Waals surface area contributed by atoms with Crippen molar-refractivity contribution in [2.24, 2.45) is 0 Å². The van der Waals surface area contributed by atoms with E-state index < -0.39 is 44.9 Å². The summed E-state index contributed by atoms with van der Waals surface area (Å²) in [6.45, 7) is 4.88. The summed E-state index contributed by atoms with van der Waals surface area (Å²) in [5.41, 5.74) is -6.16. The van der Waals surface area contributed by atoms with E-state index in [1.165, 1.54) is 30.3 Å². The third kappa shape index (κ3) is 7.51. The minimum Gasteiger partial charge on any atom is -0.458 e. The summed E-state index contributed by atoms with van der Waals surface area (Å²) < 4.78 is 69.1. The van der Waals surface area contributed by atoms with Crippen molar-refractivity contribution in [2.45, 2.75) is 44.3 Å². The van der Waals surface area contributed by atoms with Gasteiger partial charge in [-0.2, -0.15) is 21.6 Å². The summed E-state index contributed by atoms with van der Waals surface area (Å²) in [7, 11) is -5.83. The number of esters is 1. The van der Waals surface area contributed by atoms with Crippen molar-refractivity contribution in [3.8, 4) is 5.75 Å². The number of rotatable bonds is 7. The van der Waals surface area contributed by atoms with E-state index in [2.05, 4.69) is 9.50 Å². The predicted octanol–water partition coefficient (Wildman–Crippen LogP) is 4.90. The number of benzene rings is 2. The first kappa shape index (κ1) is 27.7. The zero-order valence-corrected chi connectivity index (χ0v) is 20.4. The smallest absolute Gasteiger partial charge is 0.458 e. The highest BCUT2D eigenvalue weighted by Gasteiger charge is 2.48. The molecule has 0 aliphatic rings. The van der Waals surface area contributed by atoms with E-state index in [0.717, 1.165) is 12.1 Å². The maximum absolute atomic E-state index is 12.8. The molecule has 1 N–H and O–H groups in total. The maximum atomic E-state index is 12.8. The van der Waals surface area contributed by atoms with E-state index >= 15 is 0 Å². The normalized spacial score (nSPS) is 13.2. The molecule has 34 heavy (non-hydrogen) atoms. The fourth-order valence-corrected chi connectivity index (χ4v) is 3.63. The van der Waals surface area contributed by atoms with Gasteiger partial charge in [-0.3, -0.25) is 4.79 Å². The lowest BCUT2D eigenvalue weighted by Gasteiger charge is -2.25. The second-order valence-electron chi connectivity index (χ2n) is 7.99. The van der Waals surface area contributed by atoms with Crippen molar-refractivity contribution in [3.05, 3.63) is 63.6 Å². The fourth-order valence-electron chi connectivity index (χ4n) is 2.60. The van der Waals surface area contributed by atoms with E-state index in [9.17, 15) is 31.2 Å². The molecule has 0 heterocycles. The van der Waals surface area contributed by atoms with Gasteiger partial charge < -0.3 is 14.2 Å². The Bertz CT molecular complexity index is 1140. The first-order valence-electron chi connectivity index (χ1n) is 9.57. The highest BCUT2D eigenvalue weighted by molar-refractivity contribution is 7.88. The summed E-state index contributed by atoms with van der Waals surface area (Å²) in [5.74, 6) is -2.12. The molecule has 0 saturated carbocycles. The number of ether oxygens (including phenoxy) is 1. The van der Waals surface area contributed by atoms with Crippen molar-refractivity contribution in [3.63, 3.8) is 0 Å². The Hall–Kier alpha value is -2.50. The SMILES string of the molecule is CC(C)(C)OC(=O)[C@H](Cc1ccc(OS(=O)(=O)C(F)(F)F)cc1)NC(=O)c1c(Cl)cccc1Cl. The molecule has 186 valence electrons. The molecule has 0 bridgehead atoms. The van der Waals surface area contributed by atoms with E-state index in [1.807, 2.05) is 0 Å². The van der Waals surface area contributed by atoms with Gasteiger partial charge in [-0.1, -0.05) is 41.4 Å². The van der Waals surface area contributed by atoms with Crippen LogP contribution in [0.4, 0.5) is 13.2 Å². The first-order valence-corrected chi connectivity index (χ1v) is 11.7. The molecule has 0 spiro atoms. The lowest BCUT2D eigenvalue weighted by molar-refractivity contribution is -0.157. The highest BCUT2D eigenvalue weighted by atomic mass is 35.5. The van der Waals surface area contributed by atoms with Crippen LogP contribution in [0.5, 0.6) is 5.75 Å². The van der Waals surface area contributed by atoms with Gasteiger partial charge in [-0.15, -0.1) is 0 Å². The Morgan fingerprint density at radius 2 is 1.53 bits per heavy atom. The number of carbonyl (C=O) groups excluding carboxylic acids is 2. The van der Waals surface area contributed by atoms with Crippen LogP contribution in [0.15, 0.2) is 42.5 Å². The molecule has 1 amide bonds. The third-order valence-corrected chi connectivity index (χ3v) is 5.65. The molecule has 0 aliphatic heterocycles. The zero-order valence-electron chi connectivity index (χ0n) is 18.1. The molecule has 0 saturated heterocycles. The third-order valence-electron chi connectivity index (χ3n) is 4.04. The van der Waals surface area contributed by atoms with E-state index in [1.54, 1.807) is 20.8 Å². The molecular formula is C21H20Cl2F3NO6S. The molecule has 0 fully saturated rings. The number of halogens is 5. The summed E-state index contributed by atoms with van der Waals surface area (Å²) in [4.78, 5) is 25.5. The Morgan fingerprint density at radius 1 is 1.00 bits per heavy atom. The molecule has 0 aromatic heterocycles. The molecule has 2 aromatic rings. The number of carbonyl (C=O) groups is 2. The minimum absolute atomic E-state index is 0.0551. The van der Waals surface area contributed by atoms with E-state index in [0.29, 0.717) is 5.56 Å². The second kappa shape index (κ2) is 10.4. The number of hydrogen-bond donors (Lipinski definition) is 1. The van der Waals surface area contributed by atoms with Crippen LogP contribution >= 0.6 is 23.2 Å². The van der Waals surface area contributed by atoms with Gasteiger partial charge in [0.2, 0.25) is 0 Å². The first-order chi connectivity index (χ1) is 15.5. The lowest BCUT2D eigenvalue weighted by atomic mass is 10.0. The Labute approximate surface area is 204 Å². The van der Waals surface area contributed by atoms with Crippen molar-refractivity contribution in [2.75, 3.05) is 0 Å². The average molecular weight is 542 g/mol. The number of nitrogens with one attached hydrogen (secondary N) is 1. The lowest BCUT2D eigenvalue weighted by Crippen LogP contribution is -2.45. The number of alkyl halides is 3. The van der Waals surface area contributed by atoms with Crippen molar-refractivity contribution in [1.82, 2.24) is 5.32 Å². The van der Waals surface area contributed by atoms with E-state index in [4.69, 9.17) is 27.9 Å². The minimum atomic E-state index is -5.83. The van der Waals surface area contributed by atoms with Gasteiger partial charge >= 0.3 is 21.6 Å². The summed E-state index contributed by atoms with van der Waals surface area (Å²) >= 11 is 12.1. The molecule has 1 atom stereocenters. The van der Waals surface area contributed by atoms with Crippen LogP contribution in [0, 0.1) is 0 Å². The predicted molar refractivity (Wildman–Crippen MR) is 119 cm³/mol. The molecule has 2 aromatic carbocycles. The second-order valence-corrected chi connectivity index (χ2v) is 10.3. The average Bonchev–Trinajstić information content (AvgIpc) is 2.66. The van der Waals surface area contributed by atoms with Crippen LogP contribution in [0.3, 0.4) is 0 Å². The van der Waals surface area contributed by atoms with Crippen LogP contribution in [-0.2, 0) is 26.1 Å². The number of amides is 1. The molecule has 13 heteroatoms. The molecule has 0 radical (unpaired) electrons. The monoisotopic (exact) mass is 541 g/mol. The van der Waals surface area contributed by atoms with E-state index in [-0.39, 0.29) is 22.0 Å². The van der Waals surface area contributed by atoms with Crippen LogP contribution in [-0.4, -0.2) is 37.4 Å². The van der Waals surface area contributed by atoms with Crippen molar-refractivity contribution < 1.29 is 40.1 Å².